The van der Waals surface area contributed by atoms with E-state index in [-0.39, 0.29) is 11.8 Å². The van der Waals surface area contributed by atoms with E-state index in [0.717, 1.165) is 47.1 Å². The van der Waals surface area contributed by atoms with E-state index in [1.54, 1.807) is 25.9 Å². The molecule has 2 amide bonds. The summed E-state index contributed by atoms with van der Waals surface area (Å²) in [6, 6.07) is 6.02. The number of nitrogens with one attached hydrogen (secondary N) is 1. The Labute approximate surface area is 148 Å². The largest absolute Gasteiger partial charge is 0.355 e. The first kappa shape index (κ1) is 17.3. The van der Waals surface area contributed by atoms with Gasteiger partial charge >= 0.3 is 0 Å². The molecule has 1 aliphatic rings. The number of carbonyl (C=O) groups is 2. The second-order valence-electron chi connectivity index (χ2n) is 6.79. The zero-order valence-corrected chi connectivity index (χ0v) is 15.3. The van der Waals surface area contributed by atoms with E-state index in [1.807, 2.05) is 17.0 Å². The van der Waals surface area contributed by atoms with Crippen molar-refractivity contribution in [3.05, 3.63) is 41.1 Å². The molecule has 0 saturated heterocycles. The van der Waals surface area contributed by atoms with Crippen LogP contribution >= 0.6 is 0 Å². The van der Waals surface area contributed by atoms with E-state index >= 15 is 0 Å². The van der Waals surface area contributed by atoms with Gasteiger partial charge in [-0.2, -0.15) is 0 Å². The summed E-state index contributed by atoms with van der Waals surface area (Å²) in [6.07, 6.45) is 3.92. The quantitative estimate of drug-likeness (QED) is 0.934. The number of carbonyl (C=O) groups excluding carboxylic acids is 2. The molecule has 1 aromatic heterocycles. The first-order valence-electron chi connectivity index (χ1n) is 8.73. The molecule has 1 aromatic carbocycles. The van der Waals surface area contributed by atoms with Crippen LogP contribution in [0.5, 0.6) is 0 Å². The lowest BCUT2D eigenvalue weighted by molar-refractivity contribution is -0.128. The second kappa shape index (κ2) is 6.75. The predicted octanol–water partition coefficient (Wildman–Crippen LogP) is 3.07. The maximum Gasteiger partial charge on any atom is 0.253 e. The summed E-state index contributed by atoms with van der Waals surface area (Å²) in [4.78, 5) is 31.0. The van der Waals surface area contributed by atoms with Gasteiger partial charge in [0, 0.05) is 56.3 Å². The molecular formula is C20H25N3O2. The average Bonchev–Trinajstić information content (AvgIpc) is 3.04. The number of H-pyrrole nitrogens is 1. The Morgan fingerprint density at radius 3 is 2.64 bits per heavy atom. The van der Waals surface area contributed by atoms with Gasteiger partial charge in [-0.05, 0) is 42.2 Å². The fraction of sp³-hybridized carbons (Fsp3) is 0.400. The summed E-state index contributed by atoms with van der Waals surface area (Å²) in [7, 11) is 3.54. The van der Waals surface area contributed by atoms with Gasteiger partial charge in [0.15, 0.2) is 0 Å². The number of aryl methyl sites for hydroxylation is 1. The van der Waals surface area contributed by atoms with Crippen LogP contribution in [0.25, 0.3) is 16.5 Å². The van der Waals surface area contributed by atoms with Crippen LogP contribution in [0.15, 0.2) is 24.3 Å². The Morgan fingerprint density at radius 1 is 1.24 bits per heavy atom. The van der Waals surface area contributed by atoms with Crippen molar-refractivity contribution >= 4 is 28.3 Å². The molecule has 0 saturated carbocycles. The lowest BCUT2D eigenvalue weighted by Gasteiger charge is -2.25. The SMILES string of the molecule is CCc1cc(C(=O)N(C)C)cc2cc(C3=CCCN(C(C)=O)C3)[nH]c12. The molecule has 0 aliphatic carbocycles. The third-order valence-electron chi connectivity index (χ3n) is 4.79. The van der Waals surface area contributed by atoms with E-state index < -0.39 is 0 Å². The van der Waals surface area contributed by atoms with Crippen LogP contribution in [0.3, 0.4) is 0 Å². The topological polar surface area (TPSA) is 56.4 Å². The number of benzene rings is 1. The van der Waals surface area contributed by atoms with Crippen LogP contribution in [0.2, 0.25) is 0 Å². The molecule has 0 fully saturated rings. The lowest BCUT2D eigenvalue weighted by Crippen LogP contribution is -2.33. The van der Waals surface area contributed by atoms with Gasteiger partial charge in [0.1, 0.15) is 0 Å². The summed E-state index contributed by atoms with van der Waals surface area (Å²) in [5.41, 5.74) is 5.09. The Hall–Kier alpha value is -2.56. The van der Waals surface area contributed by atoms with E-state index in [0.29, 0.717) is 12.1 Å². The molecule has 2 aromatic rings. The molecule has 0 bridgehead atoms. The molecule has 2 heterocycles. The van der Waals surface area contributed by atoms with Gasteiger partial charge in [0.2, 0.25) is 5.91 Å². The molecule has 132 valence electrons. The van der Waals surface area contributed by atoms with Gasteiger partial charge in [-0.25, -0.2) is 0 Å². The Morgan fingerprint density at radius 2 is 2.00 bits per heavy atom. The number of hydrogen-bond donors (Lipinski definition) is 1. The fourth-order valence-corrected chi connectivity index (χ4v) is 3.36. The normalized spacial score (nSPS) is 14.6. The molecule has 0 spiro atoms. The summed E-state index contributed by atoms with van der Waals surface area (Å²) >= 11 is 0. The van der Waals surface area contributed by atoms with Gasteiger partial charge in [0.05, 0.1) is 0 Å². The van der Waals surface area contributed by atoms with Crippen molar-refractivity contribution < 1.29 is 9.59 Å². The molecular weight excluding hydrogens is 314 g/mol. The zero-order valence-electron chi connectivity index (χ0n) is 15.3. The Bertz CT molecular complexity index is 861. The maximum atomic E-state index is 12.3. The molecule has 0 atom stereocenters. The molecule has 0 unspecified atom stereocenters. The summed E-state index contributed by atoms with van der Waals surface area (Å²) in [6.45, 7) is 5.12. The van der Waals surface area contributed by atoms with Crippen molar-refractivity contribution in [2.24, 2.45) is 0 Å². The minimum atomic E-state index is 0.0130. The minimum absolute atomic E-state index is 0.0130. The maximum absolute atomic E-state index is 12.3. The predicted molar refractivity (Wildman–Crippen MR) is 101 cm³/mol. The number of aromatic nitrogens is 1. The lowest BCUT2D eigenvalue weighted by atomic mass is 10.0. The number of aromatic amines is 1. The van der Waals surface area contributed by atoms with Gasteiger partial charge in [-0.3, -0.25) is 9.59 Å². The van der Waals surface area contributed by atoms with Crippen molar-refractivity contribution in [2.45, 2.75) is 26.7 Å². The van der Waals surface area contributed by atoms with Crippen LogP contribution in [0.4, 0.5) is 0 Å². The number of hydrogen-bond acceptors (Lipinski definition) is 2. The van der Waals surface area contributed by atoms with Crippen molar-refractivity contribution in [3.8, 4) is 0 Å². The summed E-state index contributed by atoms with van der Waals surface area (Å²) in [5.74, 6) is 0.119. The monoisotopic (exact) mass is 339 g/mol. The van der Waals surface area contributed by atoms with E-state index in [9.17, 15) is 9.59 Å². The van der Waals surface area contributed by atoms with Crippen molar-refractivity contribution in [1.29, 1.82) is 0 Å². The molecule has 5 heteroatoms. The first-order chi connectivity index (χ1) is 11.9. The van der Waals surface area contributed by atoms with Gasteiger partial charge < -0.3 is 14.8 Å². The highest BCUT2D eigenvalue weighted by molar-refractivity contribution is 5.99. The van der Waals surface area contributed by atoms with Gasteiger partial charge in [-0.15, -0.1) is 0 Å². The van der Waals surface area contributed by atoms with Crippen LogP contribution in [-0.2, 0) is 11.2 Å². The Balaban J connectivity index is 2.03. The van der Waals surface area contributed by atoms with Crippen LogP contribution in [0, 0.1) is 0 Å². The fourth-order valence-electron chi connectivity index (χ4n) is 3.36. The minimum Gasteiger partial charge on any atom is -0.355 e. The van der Waals surface area contributed by atoms with Crippen molar-refractivity contribution in [3.63, 3.8) is 0 Å². The molecule has 5 nitrogen and oxygen atoms in total. The van der Waals surface area contributed by atoms with Crippen molar-refractivity contribution in [1.82, 2.24) is 14.8 Å². The number of nitrogens with zero attached hydrogens (tertiary/aromatic N) is 2. The number of fused-ring (bicyclic) bond motifs is 1. The molecule has 0 radical (unpaired) electrons. The number of amides is 2. The highest BCUT2D eigenvalue weighted by Gasteiger charge is 2.19. The Kier molecular flexibility index (Phi) is 4.66. The van der Waals surface area contributed by atoms with Crippen molar-refractivity contribution in [2.75, 3.05) is 27.2 Å². The van der Waals surface area contributed by atoms with Crippen LogP contribution in [-0.4, -0.2) is 53.8 Å². The average molecular weight is 339 g/mol. The molecule has 1 N–H and O–H groups in total. The first-order valence-corrected chi connectivity index (χ1v) is 8.73. The summed E-state index contributed by atoms with van der Waals surface area (Å²) < 4.78 is 0. The highest BCUT2D eigenvalue weighted by Crippen LogP contribution is 2.28. The van der Waals surface area contributed by atoms with E-state index in [2.05, 4.69) is 24.1 Å². The molecule has 1 aliphatic heterocycles. The van der Waals surface area contributed by atoms with E-state index in [1.165, 1.54) is 0 Å². The standard InChI is InChI=1S/C20H25N3O2/c1-5-14-9-17(20(25)22(3)4)10-16-11-18(21-19(14)16)15-7-6-8-23(12-15)13(2)24/h7,9-11,21H,5-6,8,12H2,1-4H3. The van der Waals surface area contributed by atoms with Crippen LogP contribution in [0.1, 0.15) is 41.9 Å². The van der Waals surface area contributed by atoms with Gasteiger partial charge in [-0.1, -0.05) is 13.0 Å². The zero-order chi connectivity index (χ0) is 18.1. The molecule has 25 heavy (non-hydrogen) atoms. The number of rotatable bonds is 3. The second-order valence-corrected chi connectivity index (χ2v) is 6.79. The van der Waals surface area contributed by atoms with Crippen LogP contribution < -0.4 is 0 Å². The third-order valence-corrected chi connectivity index (χ3v) is 4.79. The van der Waals surface area contributed by atoms with E-state index in [4.69, 9.17) is 0 Å². The smallest absolute Gasteiger partial charge is 0.253 e. The highest BCUT2D eigenvalue weighted by atomic mass is 16.2. The molecule has 3 rings (SSSR count). The van der Waals surface area contributed by atoms with Gasteiger partial charge in [0.25, 0.3) is 5.91 Å². The summed E-state index contributed by atoms with van der Waals surface area (Å²) in [5, 5.41) is 1.04. The third kappa shape index (κ3) is 3.31.